The minimum atomic E-state index is 0.839. The smallest absolute Gasteiger partial charge is 0.0223 e. The first kappa shape index (κ1) is 20.9. The highest BCUT2D eigenvalue weighted by Crippen LogP contribution is 2.05. The summed E-state index contributed by atoms with van der Waals surface area (Å²) in [5.74, 6) is 1.68. The van der Waals surface area contributed by atoms with Gasteiger partial charge >= 0.3 is 0 Å². The van der Waals surface area contributed by atoms with E-state index in [9.17, 15) is 0 Å². The van der Waals surface area contributed by atoms with E-state index in [1.807, 2.05) is 0 Å². The molecule has 0 atom stereocenters. The van der Waals surface area contributed by atoms with Gasteiger partial charge in [-0.3, -0.25) is 0 Å². The van der Waals surface area contributed by atoms with Gasteiger partial charge in [-0.25, -0.2) is 0 Å². The Labute approximate surface area is 126 Å². The minimum absolute atomic E-state index is 0.839. The molecule has 0 bridgehead atoms. The minimum Gasteiger partial charge on any atom is -0.127 e. The van der Waals surface area contributed by atoms with Gasteiger partial charge in [-0.05, 0) is 12.8 Å². The van der Waals surface area contributed by atoms with Gasteiger partial charge in [-0.1, -0.05) is 78.1 Å². The van der Waals surface area contributed by atoms with Gasteiger partial charge in [-0.15, -0.1) is 23.2 Å². The number of alkyl halides is 2. The molecule has 0 heterocycles. The van der Waals surface area contributed by atoms with Crippen molar-refractivity contribution in [3.63, 3.8) is 0 Å². The summed E-state index contributed by atoms with van der Waals surface area (Å²) in [7, 11) is 0. The first-order valence-electron chi connectivity index (χ1n) is 7.95. The van der Waals surface area contributed by atoms with Crippen LogP contribution in [0.25, 0.3) is 0 Å². The van der Waals surface area contributed by atoms with Gasteiger partial charge in [0, 0.05) is 11.8 Å². The Hall–Kier alpha value is 0.580. The second-order valence-corrected chi connectivity index (χ2v) is 5.67. The van der Waals surface area contributed by atoms with Crippen molar-refractivity contribution in [2.75, 3.05) is 11.8 Å². The predicted octanol–water partition coefficient (Wildman–Crippen LogP) is 7.17. The van der Waals surface area contributed by atoms with E-state index in [2.05, 4.69) is 13.8 Å². The van der Waals surface area contributed by atoms with Crippen molar-refractivity contribution in [3.05, 3.63) is 0 Å². The fraction of sp³-hybridized carbons (Fsp3) is 1.00. The molecule has 0 aromatic rings. The summed E-state index contributed by atoms with van der Waals surface area (Å²) in [5.41, 5.74) is 0. The quantitative estimate of drug-likeness (QED) is 0.264. The second-order valence-electron chi connectivity index (χ2n) is 4.91. The molecule has 0 amide bonds. The lowest BCUT2D eigenvalue weighted by Gasteiger charge is -1.95. The molecule has 0 saturated heterocycles. The maximum absolute atomic E-state index is 5.51. The Morgan fingerprint density at radius 1 is 0.444 bits per heavy atom. The van der Waals surface area contributed by atoms with Crippen molar-refractivity contribution in [1.82, 2.24) is 0 Å². The molecule has 0 aliphatic rings. The van der Waals surface area contributed by atoms with Gasteiger partial charge in [0.2, 0.25) is 0 Å². The van der Waals surface area contributed by atoms with Crippen molar-refractivity contribution in [2.45, 2.75) is 90.9 Å². The molecular formula is C16H34Cl2. The van der Waals surface area contributed by atoms with Gasteiger partial charge in [0.15, 0.2) is 0 Å². The molecule has 18 heavy (non-hydrogen) atoms. The zero-order valence-corrected chi connectivity index (χ0v) is 14.2. The maximum atomic E-state index is 5.51. The predicted molar refractivity (Wildman–Crippen MR) is 88.2 cm³/mol. The van der Waals surface area contributed by atoms with E-state index in [0.717, 1.165) is 11.8 Å². The largest absolute Gasteiger partial charge is 0.127 e. The van der Waals surface area contributed by atoms with Crippen molar-refractivity contribution in [1.29, 1.82) is 0 Å². The van der Waals surface area contributed by atoms with Crippen LogP contribution < -0.4 is 0 Å². The Bertz CT molecular complexity index is 89.7. The van der Waals surface area contributed by atoms with Crippen LogP contribution in [0.5, 0.6) is 0 Å². The van der Waals surface area contributed by atoms with E-state index in [4.69, 9.17) is 23.2 Å². The van der Waals surface area contributed by atoms with Crippen LogP contribution in [-0.2, 0) is 0 Å². The molecule has 0 unspecified atom stereocenters. The molecule has 0 spiro atoms. The number of halogens is 2. The lowest BCUT2D eigenvalue weighted by atomic mass is 10.1. The standard InChI is InChI=1S/2C8H17Cl/c2*1-2-3-4-5-6-7-8-9/h2*2-8H2,1H3. The molecule has 0 radical (unpaired) electrons. The van der Waals surface area contributed by atoms with Crippen LogP contribution >= 0.6 is 23.2 Å². The zero-order valence-electron chi connectivity index (χ0n) is 12.7. The highest BCUT2D eigenvalue weighted by molar-refractivity contribution is 6.18. The van der Waals surface area contributed by atoms with Gasteiger partial charge in [-0.2, -0.15) is 0 Å². The molecule has 0 N–H and O–H groups in total. The van der Waals surface area contributed by atoms with E-state index in [0.29, 0.717) is 0 Å². The molecule has 0 aliphatic heterocycles. The summed E-state index contributed by atoms with van der Waals surface area (Å²) in [5, 5.41) is 0. The normalized spacial score (nSPS) is 10.0. The Morgan fingerprint density at radius 3 is 1.00 bits per heavy atom. The summed E-state index contributed by atoms with van der Waals surface area (Å²) in [6, 6.07) is 0. The molecule has 0 saturated carbocycles. The van der Waals surface area contributed by atoms with Crippen LogP contribution in [0.3, 0.4) is 0 Å². The highest BCUT2D eigenvalue weighted by atomic mass is 35.5. The SMILES string of the molecule is CCCCCCCCCl.CCCCCCCCCl. The monoisotopic (exact) mass is 296 g/mol. The number of hydrogen-bond donors (Lipinski definition) is 0. The highest BCUT2D eigenvalue weighted by Gasteiger charge is 1.87. The Morgan fingerprint density at radius 2 is 0.722 bits per heavy atom. The molecule has 0 fully saturated rings. The zero-order chi connectivity index (χ0) is 13.9. The van der Waals surface area contributed by atoms with Gasteiger partial charge in [0.1, 0.15) is 0 Å². The van der Waals surface area contributed by atoms with E-state index in [1.165, 1.54) is 77.0 Å². The fourth-order valence-electron chi connectivity index (χ4n) is 1.75. The molecule has 0 rings (SSSR count). The third-order valence-corrected chi connectivity index (χ3v) is 3.51. The first-order chi connectivity index (χ1) is 8.83. The van der Waals surface area contributed by atoms with Gasteiger partial charge in [0.05, 0.1) is 0 Å². The average molecular weight is 297 g/mol. The molecule has 0 aliphatic carbocycles. The van der Waals surface area contributed by atoms with E-state index in [-0.39, 0.29) is 0 Å². The summed E-state index contributed by atoms with van der Waals surface area (Å²) < 4.78 is 0. The number of rotatable bonds is 12. The summed E-state index contributed by atoms with van der Waals surface area (Å²) in [6.45, 7) is 4.48. The van der Waals surface area contributed by atoms with Crippen molar-refractivity contribution in [3.8, 4) is 0 Å². The van der Waals surface area contributed by atoms with E-state index in [1.54, 1.807) is 0 Å². The van der Waals surface area contributed by atoms with Crippen LogP contribution in [0, 0.1) is 0 Å². The van der Waals surface area contributed by atoms with Crippen LogP contribution in [0.15, 0.2) is 0 Å². The summed E-state index contributed by atoms with van der Waals surface area (Å²) in [6.07, 6.45) is 16.0. The van der Waals surface area contributed by atoms with Gasteiger partial charge < -0.3 is 0 Å². The molecular weight excluding hydrogens is 263 g/mol. The third-order valence-electron chi connectivity index (χ3n) is 2.97. The fourth-order valence-corrected chi connectivity index (χ4v) is 2.13. The van der Waals surface area contributed by atoms with Crippen molar-refractivity contribution >= 4 is 23.2 Å². The van der Waals surface area contributed by atoms with Crippen LogP contribution in [-0.4, -0.2) is 11.8 Å². The molecule has 0 nitrogen and oxygen atoms in total. The van der Waals surface area contributed by atoms with Crippen LogP contribution in [0.2, 0.25) is 0 Å². The molecule has 0 aromatic heterocycles. The summed E-state index contributed by atoms with van der Waals surface area (Å²) in [4.78, 5) is 0. The number of unbranched alkanes of at least 4 members (excludes halogenated alkanes) is 10. The Balaban J connectivity index is 0. The second kappa shape index (κ2) is 22.7. The molecule has 112 valence electrons. The number of hydrogen-bond acceptors (Lipinski definition) is 0. The maximum Gasteiger partial charge on any atom is 0.0223 e. The Kier molecular flexibility index (Phi) is 26.4. The molecule has 2 heteroatoms. The first-order valence-corrected chi connectivity index (χ1v) is 9.02. The topological polar surface area (TPSA) is 0 Å². The third kappa shape index (κ3) is 25.4. The van der Waals surface area contributed by atoms with Crippen LogP contribution in [0.1, 0.15) is 90.9 Å². The van der Waals surface area contributed by atoms with E-state index >= 15 is 0 Å². The van der Waals surface area contributed by atoms with E-state index < -0.39 is 0 Å². The average Bonchev–Trinajstić information content (AvgIpc) is 2.39. The van der Waals surface area contributed by atoms with Crippen molar-refractivity contribution < 1.29 is 0 Å². The van der Waals surface area contributed by atoms with Gasteiger partial charge in [0.25, 0.3) is 0 Å². The summed E-state index contributed by atoms with van der Waals surface area (Å²) >= 11 is 11.0. The van der Waals surface area contributed by atoms with Crippen molar-refractivity contribution in [2.24, 2.45) is 0 Å². The molecule has 0 aromatic carbocycles. The lowest BCUT2D eigenvalue weighted by molar-refractivity contribution is 0.626. The van der Waals surface area contributed by atoms with Crippen LogP contribution in [0.4, 0.5) is 0 Å². The lowest BCUT2D eigenvalue weighted by Crippen LogP contribution is -1.78.